The van der Waals surface area contributed by atoms with Crippen molar-refractivity contribution >= 4 is 17.7 Å². The van der Waals surface area contributed by atoms with Gasteiger partial charge in [-0.1, -0.05) is 75.7 Å². The first-order chi connectivity index (χ1) is 19.3. The molecule has 3 rings (SSSR count). The maximum atomic E-state index is 13.0. The summed E-state index contributed by atoms with van der Waals surface area (Å²) in [6, 6.07) is 15.9. The van der Waals surface area contributed by atoms with Gasteiger partial charge in [0.05, 0.1) is 0 Å². The molecule has 0 aliphatic heterocycles. The Hall–Kier alpha value is -4.12. The van der Waals surface area contributed by atoms with Crippen LogP contribution in [0.3, 0.4) is 0 Å². The Morgan fingerprint density at radius 2 is 1.73 bits per heavy atom. The molecule has 214 valence electrons. The van der Waals surface area contributed by atoms with Gasteiger partial charge in [-0.25, -0.2) is 10.6 Å². The summed E-state index contributed by atoms with van der Waals surface area (Å²) in [5.41, 5.74) is 5.47. The molecule has 1 atom stereocenters. The van der Waals surface area contributed by atoms with Gasteiger partial charge in [0.1, 0.15) is 5.92 Å². The highest BCUT2D eigenvalue weighted by Gasteiger charge is 2.27. The molecular weight excluding hydrogens is 510 g/mol. The van der Waals surface area contributed by atoms with Crippen LogP contribution in [0.5, 0.6) is 0 Å². The lowest BCUT2D eigenvalue weighted by molar-refractivity contribution is -0.141. The van der Waals surface area contributed by atoms with Gasteiger partial charge < -0.3 is 10.2 Å². The number of aromatic amines is 1. The van der Waals surface area contributed by atoms with E-state index in [2.05, 4.69) is 32.9 Å². The quantitative estimate of drug-likeness (QED) is 0.0975. The standard InChI is InChI=1S/C29H39N7O4/c1-4-5-11-26(37)36(17-8-16-30-28(38)25(18-20(2)3)29(39)33-40)19-21-12-14-22(15-13-21)23-9-6-7-10-24(23)27-31-34-35-32-27/h6-7,9-10,12-15,20,25,40H,4-5,8,11,16-19H2,1-3H3,(H,30,38)(H,33,39)(H,31,32,34,35). The number of aromatic nitrogens is 4. The molecule has 0 bridgehead atoms. The Balaban J connectivity index is 1.64. The largest absolute Gasteiger partial charge is 0.355 e. The van der Waals surface area contributed by atoms with Crippen molar-refractivity contribution in [3.8, 4) is 22.5 Å². The second-order valence-corrected chi connectivity index (χ2v) is 10.2. The minimum absolute atomic E-state index is 0.0674. The maximum absolute atomic E-state index is 13.0. The number of hydrogen-bond donors (Lipinski definition) is 4. The molecule has 2 aromatic carbocycles. The molecule has 0 radical (unpaired) electrons. The van der Waals surface area contributed by atoms with E-state index < -0.39 is 17.7 Å². The molecule has 0 saturated carbocycles. The summed E-state index contributed by atoms with van der Waals surface area (Å²) in [7, 11) is 0. The Labute approximate surface area is 234 Å². The van der Waals surface area contributed by atoms with E-state index in [9.17, 15) is 14.4 Å². The Bertz CT molecular complexity index is 1230. The van der Waals surface area contributed by atoms with Crippen molar-refractivity contribution in [3.63, 3.8) is 0 Å². The lowest BCUT2D eigenvalue weighted by atomic mass is 9.95. The monoisotopic (exact) mass is 549 g/mol. The predicted molar refractivity (Wildman–Crippen MR) is 150 cm³/mol. The van der Waals surface area contributed by atoms with Gasteiger partial charge in [0.15, 0.2) is 5.82 Å². The van der Waals surface area contributed by atoms with Crippen molar-refractivity contribution in [1.82, 2.24) is 36.3 Å². The highest BCUT2D eigenvalue weighted by molar-refractivity contribution is 5.99. The summed E-state index contributed by atoms with van der Waals surface area (Å²) in [6.45, 7) is 7.10. The summed E-state index contributed by atoms with van der Waals surface area (Å²) >= 11 is 0. The van der Waals surface area contributed by atoms with Gasteiger partial charge in [0, 0.05) is 31.6 Å². The van der Waals surface area contributed by atoms with Gasteiger partial charge in [-0.15, -0.1) is 5.10 Å². The van der Waals surface area contributed by atoms with Gasteiger partial charge >= 0.3 is 0 Å². The molecule has 4 N–H and O–H groups in total. The topological polar surface area (TPSA) is 153 Å². The molecule has 0 saturated heterocycles. The number of nitrogens with one attached hydrogen (secondary N) is 3. The van der Waals surface area contributed by atoms with Gasteiger partial charge in [0.25, 0.3) is 5.91 Å². The average Bonchev–Trinajstić information content (AvgIpc) is 3.51. The zero-order chi connectivity index (χ0) is 28.9. The third-order valence-corrected chi connectivity index (χ3v) is 6.62. The van der Waals surface area contributed by atoms with Crippen LogP contribution in [0.2, 0.25) is 0 Å². The minimum atomic E-state index is -0.962. The van der Waals surface area contributed by atoms with Crippen molar-refractivity contribution in [3.05, 3.63) is 54.1 Å². The highest BCUT2D eigenvalue weighted by atomic mass is 16.5. The Morgan fingerprint density at radius 3 is 2.35 bits per heavy atom. The molecule has 0 fully saturated rings. The van der Waals surface area contributed by atoms with Crippen LogP contribution in [-0.4, -0.2) is 61.5 Å². The fourth-order valence-electron chi connectivity index (χ4n) is 4.49. The van der Waals surface area contributed by atoms with Crippen LogP contribution < -0.4 is 10.8 Å². The number of hydroxylamine groups is 1. The van der Waals surface area contributed by atoms with E-state index in [-0.39, 0.29) is 11.8 Å². The molecule has 0 aliphatic rings. The number of amides is 3. The van der Waals surface area contributed by atoms with Crippen molar-refractivity contribution in [2.75, 3.05) is 13.1 Å². The third-order valence-electron chi connectivity index (χ3n) is 6.62. The molecule has 40 heavy (non-hydrogen) atoms. The number of nitrogens with zero attached hydrogens (tertiary/aromatic N) is 4. The molecular formula is C29H39N7O4. The summed E-state index contributed by atoms with van der Waals surface area (Å²) in [5.74, 6) is -1.34. The van der Waals surface area contributed by atoms with Crippen LogP contribution in [0.4, 0.5) is 0 Å². The van der Waals surface area contributed by atoms with E-state index >= 15 is 0 Å². The molecule has 11 nitrogen and oxygen atoms in total. The molecule has 0 spiro atoms. The first-order valence-electron chi connectivity index (χ1n) is 13.8. The lowest BCUT2D eigenvalue weighted by Gasteiger charge is -2.24. The number of rotatable bonds is 15. The highest BCUT2D eigenvalue weighted by Crippen LogP contribution is 2.30. The van der Waals surface area contributed by atoms with Crippen molar-refractivity contribution < 1.29 is 19.6 Å². The second kappa shape index (κ2) is 15.5. The molecule has 3 aromatic rings. The van der Waals surface area contributed by atoms with Crippen LogP contribution in [0.1, 0.15) is 58.4 Å². The number of unbranched alkanes of at least 4 members (excludes halogenated alkanes) is 1. The van der Waals surface area contributed by atoms with Crippen molar-refractivity contribution in [2.45, 2.75) is 59.4 Å². The summed E-state index contributed by atoms with van der Waals surface area (Å²) in [6.07, 6.45) is 3.07. The number of benzene rings is 2. The van der Waals surface area contributed by atoms with E-state index in [1.807, 2.05) is 67.3 Å². The molecule has 1 aromatic heterocycles. The second-order valence-electron chi connectivity index (χ2n) is 10.2. The van der Waals surface area contributed by atoms with E-state index in [0.29, 0.717) is 44.7 Å². The van der Waals surface area contributed by atoms with Gasteiger partial charge in [-0.05, 0) is 52.3 Å². The number of carbonyl (C=O) groups excluding carboxylic acids is 3. The van der Waals surface area contributed by atoms with Gasteiger partial charge in [0.2, 0.25) is 11.8 Å². The fourth-order valence-corrected chi connectivity index (χ4v) is 4.49. The fraction of sp³-hybridized carbons (Fsp3) is 0.448. The SMILES string of the molecule is CCCCC(=O)N(CCCNC(=O)C(CC(C)C)C(=O)NO)Cc1ccc(-c2ccccc2-c2nnn[nH]2)cc1. The minimum Gasteiger partial charge on any atom is -0.355 e. The average molecular weight is 550 g/mol. The zero-order valence-corrected chi connectivity index (χ0v) is 23.4. The lowest BCUT2D eigenvalue weighted by Crippen LogP contribution is -2.42. The Morgan fingerprint density at radius 1 is 1.00 bits per heavy atom. The number of hydrogen-bond acceptors (Lipinski definition) is 7. The van der Waals surface area contributed by atoms with Crippen LogP contribution in [0, 0.1) is 11.8 Å². The first kappa shape index (κ1) is 30.4. The van der Waals surface area contributed by atoms with Gasteiger partial charge in [-0.2, -0.15) is 0 Å². The summed E-state index contributed by atoms with van der Waals surface area (Å²) < 4.78 is 0. The smallest absolute Gasteiger partial charge is 0.255 e. The zero-order valence-electron chi connectivity index (χ0n) is 23.4. The number of tetrazole rings is 1. The number of H-pyrrole nitrogens is 1. The maximum Gasteiger partial charge on any atom is 0.255 e. The molecule has 1 heterocycles. The predicted octanol–water partition coefficient (Wildman–Crippen LogP) is 3.73. The van der Waals surface area contributed by atoms with E-state index in [4.69, 9.17) is 5.21 Å². The van der Waals surface area contributed by atoms with Crippen molar-refractivity contribution in [1.29, 1.82) is 0 Å². The summed E-state index contributed by atoms with van der Waals surface area (Å²) in [4.78, 5) is 39.3. The van der Waals surface area contributed by atoms with E-state index in [1.54, 1.807) is 5.48 Å². The molecule has 1 unspecified atom stereocenters. The molecule has 3 amide bonds. The first-order valence-corrected chi connectivity index (χ1v) is 13.8. The molecule has 11 heteroatoms. The third kappa shape index (κ3) is 8.70. The van der Waals surface area contributed by atoms with Crippen molar-refractivity contribution in [2.24, 2.45) is 11.8 Å². The molecule has 0 aliphatic carbocycles. The number of carbonyl (C=O) groups is 3. The van der Waals surface area contributed by atoms with E-state index in [1.165, 1.54) is 0 Å². The van der Waals surface area contributed by atoms with Crippen LogP contribution in [-0.2, 0) is 20.9 Å². The van der Waals surface area contributed by atoms with Crippen LogP contribution >= 0.6 is 0 Å². The van der Waals surface area contributed by atoms with E-state index in [0.717, 1.165) is 35.1 Å². The van der Waals surface area contributed by atoms with Crippen LogP contribution in [0.15, 0.2) is 48.5 Å². The van der Waals surface area contributed by atoms with Gasteiger partial charge in [-0.3, -0.25) is 19.6 Å². The summed E-state index contributed by atoms with van der Waals surface area (Å²) in [5, 5.41) is 26.0. The Kier molecular flexibility index (Phi) is 11.8. The normalized spacial score (nSPS) is 11.7. The van der Waals surface area contributed by atoms with Crippen LogP contribution in [0.25, 0.3) is 22.5 Å².